The molecule has 6 nitrogen and oxygen atoms in total. The fourth-order valence-electron chi connectivity index (χ4n) is 3.61. The van der Waals surface area contributed by atoms with Crippen LogP contribution in [0.2, 0.25) is 0 Å². The Morgan fingerprint density at radius 3 is 2.61 bits per heavy atom. The van der Waals surface area contributed by atoms with Crippen LogP contribution in [0.3, 0.4) is 0 Å². The number of nitrogens with zero attached hydrogens (tertiary/aromatic N) is 1. The Balaban J connectivity index is 1.71. The largest absolute Gasteiger partial charge is 0.365 e. The molecule has 28 heavy (non-hydrogen) atoms. The number of anilines is 1. The van der Waals surface area contributed by atoms with Crippen LogP contribution in [0.5, 0.6) is 0 Å². The lowest BCUT2D eigenvalue weighted by atomic mass is 10.0. The predicted octanol–water partition coefficient (Wildman–Crippen LogP) is 3.16. The summed E-state index contributed by atoms with van der Waals surface area (Å²) in [7, 11) is 0. The standard InChI is InChI=1S/C21H19N3O3S/c1-12(25)24-10-9-16-17(11-24)28-21(18(16)19(22)26)23-20(27)15-8-4-6-13-5-2-3-7-14(13)15/h2-8H,9-11H2,1H3,(H2,22,26)(H,23,27). The second kappa shape index (κ2) is 7.09. The third-order valence-electron chi connectivity index (χ3n) is 5.01. The van der Waals surface area contributed by atoms with E-state index in [2.05, 4.69) is 5.32 Å². The normalized spacial score (nSPS) is 13.2. The second-order valence-electron chi connectivity index (χ2n) is 6.74. The van der Waals surface area contributed by atoms with E-state index in [0.717, 1.165) is 21.2 Å². The van der Waals surface area contributed by atoms with E-state index in [0.29, 0.717) is 35.6 Å². The second-order valence-corrected chi connectivity index (χ2v) is 7.85. The van der Waals surface area contributed by atoms with Gasteiger partial charge in [0.15, 0.2) is 0 Å². The Bertz CT molecular complexity index is 1110. The van der Waals surface area contributed by atoms with Gasteiger partial charge < -0.3 is 16.0 Å². The van der Waals surface area contributed by atoms with Gasteiger partial charge in [0, 0.05) is 23.9 Å². The number of primary amides is 1. The van der Waals surface area contributed by atoms with Crippen molar-refractivity contribution in [2.45, 2.75) is 19.9 Å². The number of fused-ring (bicyclic) bond motifs is 2. The van der Waals surface area contributed by atoms with E-state index in [-0.39, 0.29) is 11.8 Å². The molecule has 0 saturated heterocycles. The summed E-state index contributed by atoms with van der Waals surface area (Å²) in [6.07, 6.45) is 0.549. The molecule has 3 N–H and O–H groups in total. The summed E-state index contributed by atoms with van der Waals surface area (Å²) in [6.45, 7) is 2.49. The first-order valence-electron chi connectivity index (χ1n) is 8.94. The van der Waals surface area contributed by atoms with Crippen LogP contribution in [-0.2, 0) is 17.8 Å². The Hall–Kier alpha value is -3.19. The zero-order chi connectivity index (χ0) is 19.8. The van der Waals surface area contributed by atoms with E-state index in [1.54, 1.807) is 11.0 Å². The van der Waals surface area contributed by atoms with E-state index >= 15 is 0 Å². The monoisotopic (exact) mass is 393 g/mol. The molecule has 0 bridgehead atoms. The minimum absolute atomic E-state index is 0.0129. The molecule has 0 spiro atoms. The molecule has 1 aromatic heterocycles. The summed E-state index contributed by atoms with van der Waals surface area (Å²) >= 11 is 1.31. The zero-order valence-electron chi connectivity index (χ0n) is 15.3. The van der Waals surface area contributed by atoms with Gasteiger partial charge in [-0.2, -0.15) is 0 Å². The van der Waals surface area contributed by atoms with E-state index in [4.69, 9.17) is 5.73 Å². The summed E-state index contributed by atoms with van der Waals surface area (Å²) < 4.78 is 0. The molecule has 142 valence electrons. The van der Waals surface area contributed by atoms with Gasteiger partial charge >= 0.3 is 0 Å². The van der Waals surface area contributed by atoms with Crippen LogP contribution in [0.25, 0.3) is 10.8 Å². The maximum absolute atomic E-state index is 13.0. The number of benzene rings is 2. The van der Waals surface area contributed by atoms with Crippen molar-refractivity contribution in [1.82, 2.24) is 4.90 Å². The highest BCUT2D eigenvalue weighted by atomic mass is 32.1. The number of thiophene rings is 1. The first kappa shape index (κ1) is 18.2. The number of nitrogens with two attached hydrogens (primary N) is 1. The van der Waals surface area contributed by atoms with Crippen LogP contribution in [0.4, 0.5) is 5.00 Å². The van der Waals surface area contributed by atoms with E-state index in [9.17, 15) is 14.4 Å². The number of hydrogen-bond donors (Lipinski definition) is 2. The molecular weight excluding hydrogens is 374 g/mol. The van der Waals surface area contributed by atoms with Crippen LogP contribution >= 0.6 is 11.3 Å². The summed E-state index contributed by atoms with van der Waals surface area (Å²) in [5.74, 6) is -0.871. The van der Waals surface area contributed by atoms with Crippen molar-refractivity contribution in [3.63, 3.8) is 0 Å². The molecule has 3 amide bonds. The predicted molar refractivity (Wildman–Crippen MR) is 110 cm³/mol. The van der Waals surface area contributed by atoms with Crippen molar-refractivity contribution in [1.29, 1.82) is 0 Å². The van der Waals surface area contributed by atoms with Gasteiger partial charge in [-0.15, -0.1) is 11.3 Å². The Kier molecular flexibility index (Phi) is 4.60. The molecule has 0 fully saturated rings. The summed E-state index contributed by atoms with van der Waals surface area (Å²) in [4.78, 5) is 39.4. The molecule has 2 heterocycles. The molecule has 2 aromatic carbocycles. The van der Waals surface area contributed by atoms with Gasteiger partial charge in [-0.25, -0.2) is 0 Å². The van der Waals surface area contributed by atoms with Crippen LogP contribution in [0.15, 0.2) is 42.5 Å². The first-order valence-corrected chi connectivity index (χ1v) is 9.76. The minimum Gasteiger partial charge on any atom is -0.365 e. The molecule has 0 aliphatic carbocycles. The van der Waals surface area contributed by atoms with Gasteiger partial charge in [0.2, 0.25) is 5.91 Å². The number of nitrogens with one attached hydrogen (secondary N) is 1. The molecule has 1 aliphatic rings. The Morgan fingerprint density at radius 1 is 1.11 bits per heavy atom. The molecule has 0 radical (unpaired) electrons. The minimum atomic E-state index is -0.568. The molecule has 1 aliphatic heterocycles. The van der Waals surface area contributed by atoms with E-state index in [1.165, 1.54) is 18.3 Å². The van der Waals surface area contributed by atoms with Crippen LogP contribution < -0.4 is 11.1 Å². The van der Waals surface area contributed by atoms with Gasteiger partial charge in [-0.05, 0) is 28.8 Å². The molecule has 4 rings (SSSR count). The SMILES string of the molecule is CC(=O)N1CCc2c(sc(NC(=O)c3cccc4ccccc34)c2C(N)=O)C1. The number of carbonyl (C=O) groups is 3. The number of amides is 3. The van der Waals surface area contributed by atoms with E-state index in [1.807, 2.05) is 36.4 Å². The van der Waals surface area contributed by atoms with Crippen LogP contribution in [0, 0.1) is 0 Å². The van der Waals surface area contributed by atoms with Gasteiger partial charge in [-0.1, -0.05) is 36.4 Å². The highest BCUT2D eigenvalue weighted by Crippen LogP contribution is 2.37. The van der Waals surface area contributed by atoms with E-state index < -0.39 is 5.91 Å². The van der Waals surface area contributed by atoms with Crippen molar-refractivity contribution in [3.05, 3.63) is 64.0 Å². The van der Waals surface area contributed by atoms with Gasteiger partial charge in [0.25, 0.3) is 11.8 Å². The summed E-state index contributed by atoms with van der Waals surface area (Å²) in [5.41, 5.74) is 7.35. The van der Waals surface area contributed by atoms with Crippen LogP contribution in [-0.4, -0.2) is 29.2 Å². The topological polar surface area (TPSA) is 92.5 Å². The molecule has 3 aromatic rings. The summed E-state index contributed by atoms with van der Waals surface area (Å²) in [5, 5.41) is 5.13. The van der Waals surface area contributed by atoms with Crippen molar-refractivity contribution in [2.24, 2.45) is 5.73 Å². The molecule has 0 unspecified atom stereocenters. The maximum atomic E-state index is 13.0. The highest BCUT2D eigenvalue weighted by molar-refractivity contribution is 7.17. The summed E-state index contributed by atoms with van der Waals surface area (Å²) in [6, 6.07) is 13.2. The van der Waals surface area contributed by atoms with Crippen molar-refractivity contribution in [3.8, 4) is 0 Å². The molecular formula is C21H19N3O3S. The third kappa shape index (κ3) is 3.14. The fraction of sp³-hybridized carbons (Fsp3) is 0.190. The Morgan fingerprint density at radius 2 is 1.86 bits per heavy atom. The third-order valence-corrected chi connectivity index (χ3v) is 6.14. The maximum Gasteiger partial charge on any atom is 0.256 e. The van der Waals surface area contributed by atoms with Crippen molar-refractivity contribution >= 4 is 44.8 Å². The van der Waals surface area contributed by atoms with Crippen molar-refractivity contribution < 1.29 is 14.4 Å². The molecule has 0 atom stereocenters. The lowest BCUT2D eigenvalue weighted by Crippen LogP contribution is -2.34. The smallest absolute Gasteiger partial charge is 0.256 e. The lowest BCUT2D eigenvalue weighted by molar-refractivity contribution is -0.129. The average molecular weight is 393 g/mol. The van der Waals surface area contributed by atoms with Gasteiger partial charge in [0.1, 0.15) is 5.00 Å². The Labute approximate surface area is 165 Å². The lowest BCUT2D eigenvalue weighted by Gasteiger charge is -2.25. The number of hydrogen-bond acceptors (Lipinski definition) is 4. The average Bonchev–Trinajstić information content (AvgIpc) is 3.04. The zero-order valence-corrected chi connectivity index (χ0v) is 16.1. The number of carbonyl (C=O) groups excluding carboxylic acids is 3. The van der Waals surface area contributed by atoms with Crippen LogP contribution in [0.1, 0.15) is 38.1 Å². The van der Waals surface area contributed by atoms with Gasteiger partial charge in [0.05, 0.1) is 12.1 Å². The molecule has 0 saturated carbocycles. The number of rotatable bonds is 3. The van der Waals surface area contributed by atoms with Gasteiger partial charge in [-0.3, -0.25) is 14.4 Å². The fourth-order valence-corrected chi connectivity index (χ4v) is 4.88. The quantitative estimate of drug-likeness (QED) is 0.716. The first-order chi connectivity index (χ1) is 13.5. The molecule has 7 heteroatoms. The van der Waals surface area contributed by atoms with Crippen molar-refractivity contribution in [2.75, 3.05) is 11.9 Å². The highest BCUT2D eigenvalue weighted by Gasteiger charge is 2.28.